The van der Waals surface area contributed by atoms with E-state index in [0.717, 1.165) is 25.7 Å². The van der Waals surface area contributed by atoms with Gasteiger partial charge in [0.1, 0.15) is 16.9 Å². The van der Waals surface area contributed by atoms with Crippen molar-refractivity contribution >= 4 is 11.8 Å². The van der Waals surface area contributed by atoms with Gasteiger partial charge in [-0.1, -0.05) is 25.7 Å². The average Bonchev–Trinajstić information content (AvgIpc) is 3.13. The quantitative estimate of drug-likeness (QED) is 0.701. The van der Waals surface area contributed by atoms with Crippen molar-refractivity contribution in [2.45, 2.75) is 77.4 Å². The summed E-state index contributed by atoms with van der Waals surface area (Å²) >= 11 is 0. The molecule has 0 saturated heterocycles. The molecule has 7 heteroatoms. The van der Waals surface area contributed by atoms with E-state index in [1.165, 1.54) is 25.3 Å². The van der Waals surface area contributed by atoms with Gasteiger partial charge in [0.05, 0.1) is 12.3 Å². The van der Waals surface area contributed by atoms with Crippen LogP contribution in [0, 0.1) is 0 Å². The van der Waals surface area contributed by atoms with Crippen LogP contribution in [0.15, 0.2) is 40.0 Å². The first-order chi connectivity index (χ1) is 14.4. The number of nitrogens with zero attached hydrogens (tertiary/aromatic N) is 1. The van der Waals surface area contributed by atoms with Crippen LogP contribution < -0.4 is 16.1 Å². The molecule has 0 aliphatic heterocycles. The van der Waals surface area contributed by atoms with Gasteiger partial charge in [-0.2, -0.15) is 0 Å². The molecule has 7 nitrogen and oxygen atoms in total. The number of carbonyl (C=O) groups excluding carboxylic acids is 2. The number of amides is 2. The van der Waals surface area contributed by atoms with E-state index in [4.69, 9.17) is 4.42 Å². The van der Waals surface area contributed by atoms with Crippen molar-refractivity contribution in [3.8, 4) is 0 Å². The summed E-state index contributed by atoms with van der Waals surface area (Å²) in [5.74, 6) is -0.341. The molecule has 0 aromatic carbocycles. The van der Waals surface area contributed by atoms with Gasteiger partial charge >= 0.3 is 0 Å². The maximum Gasteiger partial charge on any atom is 0.257 e. The number of nitrogens with one attached hydrogen (secondary N) is 2. The van der Waals surface area contributed by atoms with Crippen LogP contribution in [-0.2, 0) is 0 Å². The number of carbonyl (C=O) groups is 2. The fourth-order valence-corrected chi connectivity index (χ4v) is 3.79. The highest BCUT2D eigenvalue weighted by atomic mass is 16.3. The lowest BCUT2D eigenvalue weighted by Crippen LogP contribution is -2.39. The first kappa shape index (κ1) is 21.9. The van der Waals surface area contributed by atoms with Gasteiger partial charge in [0.2, 0.25) is 5.43 Å². The first-order valence-electron chi connectivity index (χ1n) is 10.8. The lowest BCUT2D eigenvalue weighted by Gasteiger charge is -2.19. The molecule has 2 N–H and O–H groups in total. The highest BCUT2D eigenvalue weighted by molar-refractivity contribution is 5.99. The van der Waals surface area contributed by atoms with Gasteiger partial charge in [-0.25, -0.2) is 0 Å². The number of furan rings is 1. The second-order valence-corrected chi connectivity index (χ2v) is 8.33. The molecule has 1 unspecified atom stereocenters. The summed E-state index contributed by atoms with van der Waals surface area (Å²) in [6.45, 7) is 5.65. The highest BCUT2D eigenvalue weighted by Gasteiger charge is 2.23. The van der Waals surface area contributed by atoms with Crippen LogP contribution in [0.4, 0.5) is 0 Å². The fraction of sp³-hybridized carbons (Fsp3) is 0.522. The molecule has 2 heterocycles. The predicted octanol–water partition coefficient (Wildman–Crippen LogP) is 3.97. The van der Waals surface area contributed by atoms with E-state index in [1.54, 1.807) is 29.8 Å². The summed E-state index contributed by atoms with van der Waals surface area (Å²) in [5.41, 5.74) is -0.593. The molecular weight excluding hydrogens is 382 g/mol. The second kappa shape index (κ2) is 9.78. The fourth-order valence-electron chi connectivity index (χ4n) is 3.79. The second-order valence-electron chi connectivity index (χ2n) is 8.33. The standard InChI is InChI=1S/C23H31N3O4/c1-15(2)26-13-18(22(28)24-16(3)20-11-8-12-30-20)21(27)19(14-26)23(29)25-17-9-6-4-5-7-10-17/h8,11-17H,4-7,9-10H2,1-3H3,(H,24,28)(H,25,29). The molecular formula is C23H31N3O4. The Balaban J connectivity index is 1.86. The normalized spacial score (nSPS) is 16.1. The molecule has 3 rings (SSSR count). The van der Waals surface area contributed by atoms with E-state index >= 15 is 0 Å². The number of rotatable bonds is 6. The van der Waals surface area contributed by atoms with Crippen LogP contribution in [0.2, 0.25) is 0 Å². The van der Waals surface area contributed by atoms with Crippen molar-refractivity contribution in [2.75, 3.05) is 0 Å². The molecule has 1 atom stereocenters. The maximum atomic E-state index is 13.0. The maximum absolute atomic E-state index is 13.0. The smallest absolute Gasteiger partial charge is 0.257 e. The van der Waals surface area contributed by atoms with E-state index < -0.39 is 23.3 Å². The zero-order valence-electron chi connectivity index (χ0n) is 17.9. The molecule has 1 fully saturated rings. The van der Waals surface area contributed by atoms with Gasteiger partial charge in [0.25, 0.3) is 11.8 Å². The van der Waals surface area contributed by atoms with E-state index in [2.05, 4.69) is 10.6 Å². The zero-order chi connectivity index (χ0) is 21.7. The van der Waals surface area contributed by atoms with Gasteiger partial charge < -0.3 is 19.6 Å². The average molecular weight is 414 g/mol. The Bertz CT molecular complexity index is 922. The van der Waals surface area contributed by atoms with Crippen LogP contribution >= 0.6 is 0 Å². The molecule has 0 radical (unpaired) electrons. The minimum absolute atomic E-state index is 0.00579. The summed E-state index contributed by atoms with van der Waals surface area (Å²) in [6, 6.07) is 3.16. The van der Waals surface area contributed by atoms with E-state index in [9.17, 15) is 14.4 Å². The molecule has 30 heavy (non-hydrogen) atoms. The first-order valence-corrected chi connectivity index (χ1v) is 10.8. The predicted molar refractivity (Wildman–Crippen MR) is 115 cm³/mol. The monoisotopic (exact) mass is 413 g/mol. The third-order valence-corrected chi connectivity index (χ3v) is 5.64. The molecule has 1 saturated carbocycles. The Morgan fingerprint density at radius 2 is 1.67 bits per heavy atom. The molecule has 162 valence electrons. The minimum atomic E-state index is -0.554. The molecule has 1 aliphatic carbocycles. The summed E-state index contributed by atoms with van der Waals surface area (Å²) < 4.78 is 7.05. The van der Waals surface area contributed by atoms with Crippen LogP contribution in [0.25, 0.3) is 0 Å². The Morgan fingerprint density at radius 1 is 1.03 bits per heavy atom. The number of hydrogen-bond donors (Lipinski definition) is 2. The van der Waals surface area contributed by atoms with Crippen molar-refractivity contribution in [3.63, 3.8) is 0 Å². The molecule has 2 amide bonds. The van der Waals surface area contributed by atoms with Crippen LogP contribution in [0.3, 0.4) is 0 Å². The molecule has 1 aliphatic rings. The van der Waals surface area contributed by atoms with Gasteiger partial charge in [-0.05, 0) is 45.7 Å². The highest BCUT2D eigenvalue weighted by Crippen LogP contribution is 2.18. The largest absolute Gasteiger partial charge is 0.467 e. The van der Waals surface area contributed by atoms with Crippen molar-refractivity contribution in [1.82, 2.24) is 15.2 Å². The number of aromatic nitrogens is 1. The van der Waals surface area contributed by atoms with Gasteiger partial charge in [0, 0.05) is 24.5 Å². The van der Waals surface area contributed by atoms with Gasteiger partial charge in [0.15, 0.2) is 0 Å². The minimum Gasteiger partial charge on any atom is -0.467 e. The summed E-state index contributed by atoms with van der Waals surface area (Å²) in [7, 11) is 0. The Labute approximate surface area is 176 Å². The third-order valence-electron chi connectivity index (χ3n) is 5.64. The van der Waals surface area contributed by atoms with Crippen LogP contribution in [0.1, 0.15) is 97.9 Å². The lowest BCUT2D eigenvalue weighted by atomic mass is 10.1. The zero-order valence-corrected chi connectivity index (χ0v) is 17.9. The number of hydrogen-bond acceptors (Lipinski definition) is 4. The summed E-state index contributed by atoms with van der Waals surface area (Å²) in [4.78, 5) is 38.8. The molecule has 2 aromatic rings. The Morgan fingerprint density at radius 3 is 2.23 bits per heavy atom. The van der Waals surface area contributed by atoms with Gasteiger partial charge in [-0.3, -0.25) is 14.4 Å². The lowest BCUT2D eigenvalue weighted by molar-refractivity contribution is 0.0930. The summed E-state index contributed by atoms with van der Waals surface area (Å²) in [6.07, 6.45) is 10.9. The molecule has 0 spiro atoms. The summed E-state index contributed by atoms with van der Waals surface area (Å²) in [5, 5.41) is 5.80. The van der Waals surface area contributed by atoms with Crippen molar-refractivity contribution in [2.24, 2.45) is 0 Å². The van der Waals surface area contributed by atoms with Crippen LogP contribution in [-0.4, -0.2) is 22.4 Å². The van der Waals surface area contributed by atoms with Crippen molar-refractivity contribution < 1.29 is 14.0 Å². The molecule has 0 bridgehead atoms. The van der Waals surface area contributed by atoms with Crippen LogP contribution in [0.5, 0.6) is 0 Å². The van der Waals surface area contributed by atoms with Crippen molar-refractivity contribution in [3.05, 3.63) is 57.9 Å². The SMILES string of the molecule is CC(NC(=O)c1cn(C(C)C)cc(C(=O)NC2CCCCCC2)c1=O)c1ccco1. The van der Waals surface area contributed by atoms with E-state index in [0.29, 0.717) is 5.76 Å². The van der Waals surface area contributed by atoms with Gasteiger partial charge in [-0.15, -0.1) is 0 Å². The topological polar surface area (TPSA) is 93.3 Å². The van der Waals surface area contributed by atoms with E-state index in [-0.39, 0.29) is 23.2 Å². The Kier molecular flexibility index (Phi) is 7.13. The molecule has 2 aromatic heterocycles. The number of pyridine rings is 1. The third kappa shape index (κ3) is 5.20. The van der Waals surface area contributed by atoms with Crippen molar-refractivity contribution in [1.29, 1.82) is 0 Å². The van der Waals surface area contributed by atoms with E-state index in [1.807, 2.05) is 13.8 Å². The Hall–Kier alpha value is -2.83.